The summed E-state index contributed by atoms with van der Waals surface area (Å²) in [6.45, 7) is 6.60. The van der Waals surface area contributed by atoms with Gasteiger partial charge in [-0.15, -0.1) is 11.8 Å². The van der Waals surface area contributed by atoms with Gasteiger partial charge >= 0.3 is 0 Å². The number of hydrogen-bond donors (Lipinski definition) is 1. The molecule has 1 amide bonds. The largest absolute Gasteiger partial charge is 0.337 e. The zero-order valence-corrected chi connectivity index (χ0v) is 14.8. The molecule has 1 atom stereocenters. The summed E-state index contributed by atoms with van der Waals surface area (Å²) < 4.78 is 0. The predicted octanol–water partition coefficient (Wildman–Crippen LogP) is 2.89. The molecule has 5 heteroatoms. The van der Waals surface area contributed by atoms with E-state index in [1.54, 1.807) is 18.7 Å². The van der Waals surface area contributed by atoms with Crippen LogP contribution in [0.4, 0.5) is 0 Å². The summed E-state index contributed by atoms with van der Waals surface area (Å²) in [6, 6.07) is 10.5. The molecule has 0 radical (unpaired) electrons. The molecule has 0 aliphatic heterocycles. The van der Waals surface area contributed by atoms with Gasteiger partial charge in [0, 0.05) is 11.4 Å². The van der Waals surface area contributed by atoms with Crippen molar-refractivity contribution in [3.05, 3.63) is 29.8 Å². The molecule has 0 unspecified atom stereocenters. The van der Waals surface area contributed by atoms with Crippen molar-refractivity contribution in [2.75, 3.05) is 19.8 Å². The monoisotopic (exact) mass is 319 g/mol. The normalized spacial score (nSPS) is 13.7. The highest BCUT2D eigenvalue weighted by atomic mass is 32.2. The molecule has 0 aromatic heterocycles. The Labute approximate surface area is 137 Å². The Kier molecular flexibility index (Phi) is 6.92. The fourth-order valence-electron chi connectivity index (χ4n) is 1.97. The molecular weight excluding hydrogens is 294 g/mol. The van der Waals surface area contributed by atoms with E-state index >= 15 is 0 Å². The average Bonchev–Trinajstić information content (AvgIpc) is 2.47. The van der Waals surface area contributed by atoms with E-state index in [0.717, 1.165) is 0 Å². The highest BCUT2D eigenvalue weighted by molar-refractivity contribution is 7.98. The van der Waals surface area contributed by atoms with Crippen molar-refractivity contribution >= 4 is 17.7 Å². The van der Waals surface area contributed by atoms with Crippen LogP contribution < -0.4 is 5.32 Å². The summed E-state index contributed by atoms with van der Waals surface area (Å²) >= 11 is 1.71. The number of carbonyl (C=O) groups excluding carboxylic acids is 1. The van der Waals surface area contributed by atoms with Gasteiger partial charge in [0.25, 0.3) is 0 Å². The number of thioether (sulfide) groups is 1. The fourth-order valence-corrected chi connectivity index (χ4v) is 2.38. The summed E-state index contributed by atoms with van der Waals surface area (Å²) in [5, 5.41) is 12.1. The maximum atomic E-state index is 12.1. The second kappa shape index (κ2) is 8.21. The van der Waals surface area contributed by atoms with Gasteiger partial charge < -0.3 is 5.32 Å². The molecule has 1 aromatic rings. The minimum absolute atomic E-state index is 0.0610. The van der Waals surface area contributed by atoms with Gasteiger partial charge in [0.05, 0.1) is 12.6 Å². The number of nitriles is 1. The van der Waals surface area contributed by atoms with Crippen molar-refractivity contribution < 1.29 is 4.79 Å². The lowest BCUT2D eigenvalue weighted by molar-refractivity contribution is -0.123. The number of amides is 1. The standard InChI is InChI=1S/C17H25N3OS/c1-13(2)17(3,12-18)19-16(21)11-20(4)10-14-6-8-15(22-5)9-7-14/h6-9,13H,10-11H2,1-5H3,(H,19,21)/t17-/m0/s1. The van der Waals surface area contributed by atoms with Crippen molar-refractivity contribution in [1.29, 1.82) is 5.26 Å². The number of carbonyl (C=O) groups is 1. The summed E-state index contributed by atoms with van der Waals surface area (Å²) in [4.78, 5) is 15.3. The van der Waals surface area contributed by atoms with Gasteiger partial charge in [-0.2, -0.15) is 5.26 Å². The smallest absolute Gasteiger partial charge is 0.235 e. The molecule has 0 bridgehead atoms. The third-order valence-electron chi connectivity index (χ3n) is 3.81. The lowest BCUT2D eigenvalue weighted by atomic mass is 9.90. The molecule has 0 aliphatic rings. The molecule has 0 heterocycles. The van der Waals surface area contributed by atoms with Crippen molar-refractivity contribution in [2.45, 2.75) is 37.8 Å². The molecular formula is C17H25N3OS. The Morgan fingerprint density at radius 2 is 2.00 bits per heavy atom. The van der Waals surface area contributed by atoms with E-state index in [2.05, 4.69) is 35.7 Å². The van der Waals surface area contributed by atoms with Crippen LogP contribution in [0.1, 0.15) is 26.3 Å². The molecule has 0 aliphatic carbocycles. The van der Waals surface area contributed by atoms with Crippen molar-refractivity contribution in [3.8, 4) is 6.07 Å². The predicted molar refractivity (Wildman–Crippen MR) is 91.6 cm³/mol. The first kappa shape index (κ1) is 18.5. The number of rotatable bonds is 7. The van der Waals surface area contributed by atoms with Crippen LogP contribution in [-0.2, 0) is 11.3 Å². The second-order valence-corrected chi connectivity index (χ2v) is 6.92. The molecule has 0 spiro atoms. The lowest BCUT2D eigenvalue weighted by Crippen LogP contribution is -2.51. The molecule has 0 saturated carbocycles. The first-order chi connectivity index (χ1) is 10.3. The topological polar surface area (TPSA) is 56.1 Å². The van der Waals surface area contributed by atoms with Crippen LogP contribution in [0.2, 0.25) is 0 Å². The number of likely N-dealkylation sites (N-methyl/N-ethyl adjacent to an activating group) is 1. The molecule has 120 valence electrons. The Morgan fingerprint density at radius 1 is 1.41 bits per heavy atom. The highest BCUT2D eigenvalue weighted by Gasteiger charge is 2.30. The molecule has 1 aromatic carbocycles. The van der Waals surface area contributed by atoms with E-state index in [1.807, 2.05) is 32.1 Å². The van der Waals surface area contributed by atoms with E-state index in [1.165, 1.54) is 10.5 Å². The number of benzene rings is 1. The van der Waals surface area contributed by atoms with E-state index < -0.39 is 5.54 Å². The molecule has 1 rings (SSSR count). The van der Waals surface area contributed by atoms with Crippen molar-refractivity contribution in [3.63, 3.8) is 0 Å². The number of hydrogen-bond acceptors (Lipinski definition) is 4. The van der Waals surface area contributed by atoms with Gasteiger partial charge in [-0.1, -0.05) is 26.0 Å². The Balaban J connectivity index is 2.55. The summed E-state index contributed by atoms with van der Waals surface area (Å²) in [6.07, 6.45) is 2.05. The van der Waals surface area contributed by atoms with Crippen LogP contribution in [-0.4, -0.2) is 36.2 Å². The van der Waals surface area contributed by atoms with Gasteiger partial charge in [0.15, 0.2) is 0 Å². The van der Waals surface area contributed by atoms with Crippen LogP contribution in [0.15, 0.2) is 29.2 Å². The summed E-state index contributed by atoms with van der Waals surface area (Å²) in [5.41, 5.74) is 0.345. The molecule has 0 saturated heterocycles. The number of nitrogens with zero attached hydrogens (tertiary/aromatic N) is 2. The molecule has 1 N–H and O–H groups in total. The quantitative estimate of drug-likeness (QED) is 0.785. The van der Waals surface area contributed by atoms with Crippen LogP contribution in [0.25, 0.3) is 0 Å². The van der Waals surface area contributed by atoms with Gasteiger partial charge in [0.1, 0.15) is 5.54 Å². The van der Waals surface area contributed by atoms with Crippen molar-refractivity contribution in [1.82, 2.24) is 10.2 Å². The maximum Gasteiger partial charge on any atom is 0.235 e. The SMILES string of the molecule is CSc1ccc(CN(C)CC(=O)N[C@@](C)(C#N)C(C)C)cc1. The Morgan fingerprint density at radius 3 is 2.45 bits per heavy atom. The van der Waals surface area contributed by atoms with E-state index in [9.17, 15) is 10.1 Å². The van der Waals surface area contributed by atoms with E-state index in [4.69, 9.17) is 0 Å². The highest BCUT2D eigenvalue weighted by Crippen LogP contribution is 2.16. The van der Waals surface area contributed by atoms with Gasteiger partial charge in [-0.25, -0.2) is 0 Å². The third kappa shape index (κ3) is 5.36. The zero-order chi connectivity index (χ0) is 16.8. The molecule has 0 fully saturated rings. The lowest BCUT2D eigenvalue weighted by Gasteiger charge is -2.28. The average molecular weight is 319 g/mol. The number of nitrogens with one attached hydrogen (secondary N) is 1. The first-order valence-corrected chi connectivity index (χ1v) is 8.57. The zero-order valence-electron chi connectivity index (χ0n) is 14.0. The molecule has 4 nitrogen and oxygen atoms in total. The van der Waals surface area contributed by atoms with Crippen LogP contribution in [0.5, 0.6) is 0 Å². The summed E-state index contributed by atoms with van der Waals surface area (Å²) in [7, 11) is 1.90. The first-order valence-electron chi connectivity index (χ1n) is 7.34. The fraction of sp³-hybridized carbons (Fsp3) is 0.529. The van der Waals surface area contributed by atoms with Gasteiger partial charge in [-0.3, -0.25) is 9.69 Å². The van der Waals surface area contributed by atoms with Crippen LogP contribution in [0.3, 0.4) is 0 Å². The minimum Gasteiger partial charge on any atom is -0.337 e. The Bertz CT molecular complexity index is 536. The summed E-state index contributed by atoms with van der Waals surface area (Å²) in [5.74, 6) is -0.0631. The minimum atomic E-state index is -0.822. The molecule has 22 heavy (non-hydrogen) atoms. The van der Waals surface area contributed by atoms with E-state index in [0.29, 0.717) is 6.54 Å². The Hall–Kier alpha value is -1.51. The third-order valence-corrected chi connectivity index (χ3v) is 4.55. The van der Waals surface area contributed by atoms with Gasteiger partial charge in [0.2, 0.25) is 5.91 Å². The maximum absolute atomic E-state index is 12.1. The van der Waals surface area contributed by atoms with Crippen molar-refractivity contribution in [2.24, 2.45) is 5.92 Å². The van der Waals surface area contributed by atoms with Gasteiger partial charge in [-0.05, 0) is 43.8 Å². The second-order valence-electron chi connectivity index (χ2n) is 6.04. The van der Waals surface area contributed by atoms with Crippen LogP contribution in [0, 0.1) is 17.2 Å². The van der Waals surface area contributed by atoms with E-state index in [-0.39, 0.29) is 18.4 Å². The van der Waals surface area contributed by atoms with Crippen LogP contribution >= 0.6 is 11.8 Å².